The molecular formula is C9H11NOS. The molecule has 0 fully saturated rings. The van der Waals surface area contributed by atoms with E-state index >= 15 is 0 Å². The molecule has 1 aromatic carbocycles. The van der Waals surface area contributed by atoms with Gasteiger partial charge in [0.15, 0.2) is 0 Å². The highest BCUT2D eigenvalue weighted by Crippen LogP contribution is 2.27. The van der Waals surface area contributed by atoms with Crippen LogP contribution in [0.15, 0.2) is 18.2 Å². The van der Waals surface area contributed by atoms with Crippen molar-refractivity contribution in [3.8, 4) is 0 Å². The minimum absolute atomic E-state index is 0.558. The molecule has 0 saturated heterocycles. The SMILES string of the molecule is C=S1(=O)Cc2ccc(C)cc2N1. The third-order valence-corrected chi connectivity index (χ3v) is 3.32. The largest absolute Gasteiger partial charge is 0.312 e. The van der Waals surface area contributed by atoms with Gasteiger partial charge in [-0.15, -0.1) is 0 Å². The predicted molar refractivity (Wildman–Crippen MR) is 53.8 cm³/mol. The monoisotopic (exact) mass is 181 g/mol. The van der Waals surface area contributed by atoms with Gasteiger partial charge in [-0.05, 0) is 30.0 Å². The second kappa shape index (κ2) is 2.26. The lowest BCUT2D eigenvalue weighted by Crippen LogP contribution is -2.04. The van der Waals surface area contributed by atoms with Gasteiger partial charge in [-0.3, -0.25) is 0 Å². The van der Waals surface area contributed by atoms with Crippen molar-refractivity contribution in [1.82, 2.24) is 0 Å². The fourth-order valence-electron chi connectivity index (χ4n) is 1.40. The lowest BCUT2D eigenvalue weighted by Gasteiger charge is -1.99. The van der Waals surface area contributed by atoms with E-state index in [0.717, 1.165) is 11.3 Å². The Morgan fingerprint density at radius 3 is 3.08 bits per heavy atom. The molecule has 64 valence electrons. The second-order valence-electron chi connectivity index (χ2n) is 3.22. The Morgan fingerprint density at radius 1 is 1.58 bits per heavy atom. The van der Waals surface area contributed by atoms with Crippen LogP contribution in [0, 0.1) is 6.92 Å². The third-order valence-electron chi connectivity index (χ3n) is 1.95. The lowest BCUT2D eigenvalue weighted by atomic mass is 10.1. The van der Waals surface area contributed by atoms with Gasteiger partial charge in [-0.2, -0.15) is 0 Å². The topological polar surface area (TPSA) is 29.1 Å². The predicted octanol–water partition coefficient (Wildman–Crippen LogP) is 1.55. The van der Waals surface area contributed by atoms with E-state index in [0.29, 0.717) is 5.75 Å². The number of hydrogen-bond donors (Lipinski definition) is 1. The van der Waals surface area contributed by atoms with Crippen LogP contribution in [-0.4, -0.2) is 10.1 Å². The average Bonchev–Trinajstić information content (AvgIpc) is 2.21. The second-order valence-corrected chi connectivity index (χ2v) is 5.34. The van der Waals surface area contributed by atoms with Crippen molar-refractivity contribution in [2.45, 2.75) is 12.7 Å². The first-order valence-electron chi connectivity index (χ1n) is 3.79. The maximum absolute atomic E-state index is 11.5. The van der Waals surface area contributed by atoms with Gasteiger partial charge in [0, 0.05) is 9.71 Å². The molecule has 3 heteroatoms. The molecule has 0 aromatic heterocycles. The zero-order valence-electron chi connectivity index (χ0n) is 6.96. The van der Waals surface area contributed by atoms with Crippen LogP contribution in [0.4, 0.5) is 5.69 Å². The van der Waals surface area contributed by atoms with Crippen molar-refractivity contribution in [1.29, 1.82) is 0 Å². The number of fused-ring (bicyclic) bond motifs is 1. The Kier molecular flexibility index (Phi) is 1.45. The van der Waals surface area contributed by atoms with Crippen molar-refractivity contribution in [2.75, 3.05) is 4.72 Å². The van der Waals surface area contributed by atoms with Gasteiger partial charge >= 0.3 is 0 Å². The molecule has 1 heterocycles. The number of rotatable bonds is 0. The van der Waals surface area contributed by atoms with E-state index in [1.807, 2.05) is 25.1 Å². The number of hydrogen-bond acceptors (Lipinski definition) is 1. The van der Waals surface area contributed by atoms with Crippen molar-refractivity contribution in [2.24, 2.45) is 0 Å². The summed E-state index contributed by atoms with van der Waals surface area (Å²) in [5.74, 6) is 4.19. The van der Waals surface area contributed by atoms with Gasteiger partial charge < -0.3 is 4.72 Å². The van der Waals surface area contributed by atoms with E-state index in [-0.39, 0.29) is 0 Å². The van der Waals surface area contributed by atoms with Crippen LogP contribution < -0.4 is 4.72 Å². The Bertz CT molecular complexity index is 420. The normalized spacial score (nSPS) is 26.4. The highest BCUT2D eigenvalue weighted by atomic mass is 32.2. The Labute approximate surface area is 72.8 Å². The quantitative estimate of drug-likeness (QED) is 0.604. The number of benzene rings is 1. The molecule has 0 spiro atoms. The van der Waals surface area contributed by atoms with Crippen LogP contribution >= 0.6 is 0 Å². The van der Waals surface area contributed by atoms with Gasteiger partial charge in [-0.1, -0.05) is 12.1 Å². The van der Waals surface area contributed by atoms with Crippen molar-refractivity contribution >= 4 is 21.3 Å². The third kappa shape index (κ3) is 1.20. The molecule has 0 amide bonds. The minimum atomic E-state index is -2.07. The highest BCUT2D eigenvalue weighted by Gasteiger charge is 2.17. The van der Waals surface area contributed by atoms with Gasteiger partial charge in [0.25, 0.3) is 0 Å². The fraction of sp³-hybridized carbons (Fsp3) is 0.222. The molecule has 12 heavy (non-hydrogen) atoms. The van der Waals surface area contributed by atoms with Crippen molar-refractivity contribution in [3.63, 3.8) is 0 Å². The summed E-state index contributed by atoms with van der Waals surface area (Å²) in [4.78, 5) is 0. The van der Waals surface area contributed by atoms with Gasteiger partial charge in [0.1, 0.15) is 0 Å². The molecular weight excluding hydrogens is 170 g/mol. The molecule has 1 atom stereocenters. The van der Waals surface area contributed by atoms with Crippen LogP contribution in [0.5, 0.6) is 0 Å². The van der Waals surface area contributed by atoms with Crippen molar-refractivity contribution < 1.29 is 4.21 Å². The van der Waals surface area contributed by atoms with E-state index in [9.17, 15) is 4.21 Å². The lowest BCUT2D eigenvalue weighted by molar-refractivity contribution is 0.685. The summed E-state index contributed by atoms with van der Waals surface area (Å²) in [6.45, 7) is 2.02. The number of anilines is 1. The summed E-state index contributed by atoms with van der Waals surface area (Å²) >= 11 is 0. The first-order chi connectivity index (χ1) is 5.57. The molecule has 1 aromatic rings. The summed E-state index contributed by atoms with van der Waals surface area (Å²) in [6, 6.07) is 6.05. The van der Waals surface area contributed by atoms with E-state index in [1.54, 1.807) is 0 Å². The summed E-state index contributed by atoms with van der Waals surface area (Å²) in [5.41, 5.74) is 3.27. The fourth-order valence-corrected chi connectivity index (χ4v) is 2.82. The smallest absolute Gasteiger partial charge is 0.0607 e. The zero-order valence-corrected chi connectivity index (χ0v) is 7.78. The van der Waals surface area contributed by atoms with Gasteiger partial charge in [0.05, 0.1) is 11.4 Å². The van der Waals surface area contributed by atoms with E-state index in [4.69, 9.17) is 0 Å². The van der Waals surface area contributed by atoms with Crippen LogP contribution in [0.3, 0.4) is 0 Å². The van der Waals surface area contributed by atoms with Crippen LogP contribution in [0.25, 0.3) is 0 Å². The van der Waals surface area contributed by atoms with E-state index in [2.05, 4.69) is 10.6 Å². The minimum Gasteiger partial charge on any atom is -0.312 e. The summed E-state index contributed by atoms with van der Waals surface area (Å²) in [5, 5.41) is 0. The molecule has 1 N–H and O–H groups in total. The van der Waals surface area contributed by atoms with Gasteiger partial charge in [-0.25, -0.2) is 4.21 Å². The molecule has 0 aliphatic carbocycles. The zero-order chi connectivity index (χ0) is 8.77. The van der Waals surface area contributed by atoms with Crippen LogP contribution in [-0.2, 0) is 15.5 Å². The standard InChI is InChI=1S/C9H11NOS/c1-7-3-4-8-6-12(2,11)10-9(8)5-7/h3-5H,2,6H2,1H3,(H,10,11). The van der Waals surface area contributed by atoms with Crippen LogP contribution in [0.2, 0.25) is 0 Å². The van der Waals surface area contributed by atoms with E-state index in [1.165, 1.54) is 5.56 Å². The molecule has 2 rings (SSSR count). The van der Waals surface area contributed by atoms with Crippen LogP contribution in [0.1, 0.15) is 11.1 Å². The Hall–Kier alpha value is -0.960. The van der Waals surface area contributed by atoms with Crippen molar-refractivity contribution in [3.05, 3.63) is 29.3 Å². The molecule has 0 saturated carbocycles. The molecule has 0 bridgehead atoms. The van der Waals surface area contributed by atoms with Gasteiger partial charge in [0.2, 0.25) is 0 Å². The molecule has 1 aliphatic heterocycles. The summed E-state index contributed by atoms with van der Waals surface area (Å²) in [6.07, 6.45) is 0. The summed E-state index contributed by atoms with van der Waals surface area (Å²) in [7, 11) is -2.07. The molecule has 1 aliphatic rings. The maximum Gasteiger partial charge on any atom is 0.0607 e. The Balaban J connectivity index is 2.56. The van der Waals surface area contributed by atoms with E-state index < -0.39 is 9.71 Å². The average molecular weight is 181 g/mol. The maximum atomic E-state index is 11.5. The molecule has 0 radical (unpaired) electrons. The molecule has 2 nitrogen and oxygen atoms in total. The molecule has 1 unspecified atom stereocenters. The Morgan fingerprint density at radius 2 is 2.33 bits per heavy atom. The summed E-state index contributed by atoms with van der Waals surface area (Å²) < 4.78 is 14.5. The number of nitrogens with one attached hydrogen (secondary N) is 1. The number of aryl methyl sites for hydroxylation is 1. The first kappa shape index (κ1) is 7.68. The highest BCUT2D eigenvalue weighted by molar-refractivity contribution is 8.01. The first-order valence-corrected chi connectivity index (χ1v) is 5.69.